The van der Waals surface area contributed by atoms with Gasteiger partial charge in [-0.05, 0) is 19.1 Å². The first-order valence-electron chi connectivity index (χ1n) is 6.07. The summed E-state index contributed by atoms with van der Waals surface area (Å²) in [5, 5.41) is 0. The van der Waals surface area contributed by atoms with Gasteiger partial charge in [-0.25, -0.2) is 0 Å². The van der Waals surface area contributed by atoms with Crippen LogP contribution in [0, 0.1) is 0 Å². The molecule has 2 heterocycles. The average Bonchev–Trinajstić information content (AvgIpc) is 2.75. The lowest BCUT2D eigenvalue weighted by Crippen LogP contribution is -2.52. The fourth-order valence-electron chi connectivity index (χ4n) is 2.07. The molecule has 116 valence electrons. The largest absolute Gasteiger partial charge is 0.339 e. The van der Waals surface area contributed by atoms with E-state index in [1.165, 1.54) is 4.88 Å². The number of carbonyl (C=O) groups is 1. The molecule has 0 radical (unpaired) electrons. The Morgan fingerprint density at radius 2 is 1.95 bits per heavy atom. The third-order valence-corrected chi connectivity index (χ3v) is 4.30. The average molecular weight is 361 g/mol. The van der Waals surface area contributed by atoms with E-state index in [-0.39, 0.29) is 30.7 Å². The van der Waals surface area contributed by atoms with Crippen LogP contribution in [0.15, 0.2) is 12.1 Å². The highest BCUT2D eigenvalue weighted by atomic mass is 35.5. The minimum Gasteiger partial charge on any atom is -0.339 e. The molecule has 1 atom stereocenters. The van der Waals surface area contributed by atoms with Crippen molar-refractivity contribution in [3.05, 3.63) is 21.3 Å². The number of rotatable bonds is 3. The number of thiophene rings is 1. The molecule has 0 unspecified atom stereocenters. The summed E-state index contributed by atoms with van der Waals surface area (Å²) in [4.78, 5) is 17.2. The van der Waals surface area contributed by atoms with Crippen LogP contribution in [-0.2, 0) is 11.3 Å². The van der Waals surface area contributed by atoms with Crippen LogP contribution in [0.2, 0.25) is 4.34 Å². The molecule has 2 rings (SSSR count). The van der Waals surface area contributed by atoms with E-state index < -0.39 is 6.04 Å². The van der Waals surface area contributed by atoms with Crippen molar-refractivity contribution in [2.45, 2.75) is 19.5 Å². The maximum atomic E-state index is 11.7. The molecule has 1 aromatic rings. The highest BCUT2D eigenvalue weighted by Gasteiger charge is 2.23. The van der Waals surface area contributed by atoms with E-state index in [2.05, 4.69) is 11.0 Å². The van der Waals surface area contributed by atoms with Crippen LogP contribution in [-0.4, -0.2) is 47.9 Å². The van der Waals surface area contributed by atoms with E-state index in [4.69, 9.17) is 17.3 Å². The second-order valence-electron chi connectivity index (χ2n) is 4.60. The number of hydrogen-bond acceptors (Lipinski definition) is 4. The van der Waals surface area contributed by atoms with Crippen LogP contribution in [0.25, 0.3) is 0 Å². The third kappa shape index (κ3) is 5.39. The molecular formula is C12H20Cl3N3OS. The van der Waals surface area contributed by atoms with Crippen molar-refractivity contribution in [3.8, 4) is 0 Å². The molecule has 1 saturated heterocycles. The molecule has 1 fully saturated rings. The predicted molar refractivity (Wildman–Crippen MR) is 89.3 cm³/mol. The van der Waals surface area contributed by atoms with Crippen molar-refractivity contribution in [2.75, 3.05) is 26.2 Å². The van der Waals surface area contributed by atoms with E-state index in [1.54, 1.807) is 18.3 Å². The highest BCUT2D eigenvalue weighted by molar-refractivity contribution is 7.16. The SMILES string of the molecule is C[C@H](N)C(=O)N1CCN(Cc2ccc(Cl)s2)CC1.Cl.Cl. The topological polar surface area (TPSA) is 49.6 Å². The van der Waals surface area contributed by atoms with Gasteiger partial charge in [-0.3, -0.25) is 9.69 Å². The molecule has 8 heteroatoms. The van der Waals surface area contributed by atoms with Gasteiger partial charge in [0.25, 0.3) is 0 Å². The van der Waals surface area contributed by atoms with Crippen LogP contribution < -0.4 is 5.73 Å². The zero-order chi connectivity index (χ0) is 13.1. The van der Waals surface area contributed by atoms with Gasteiger partial charge in [-0.1, -0.05) is 11.6 Å². The molecule has 0 aliphatic carbocycles. The summed E-state index contributed by atoms with van der Waals surface area (Å²) >= 11 is 7.53. The number of nitrogens with zero attached hydrogens (tertiary/aromatic N) is 2. The third-order valence-electron chi connectivity index (χ3n) is 3.08. The summed E-state index contributed by atoms with van der Waals surface area (Å²) in [6.07, 6.45) is 0. The van der Waals surface area contributed by atoms with Crippen LogP contribution in [0.3, 0.4) is 0 Å². The van der Waals surface area contributed by atoms with Gasteiger partial charge in [0.15, 0.2) is 0 Å². The normalized spacial score (nSPS) is 17.1. The molecule has 0 saturated carbocycles. The molecule has 0 spiro atoms. The fourth-order valence-corrected chi connectivity index (χ4v) is 3.20. The number of halogens is 3. The molecule has 1 aliphatic rings. The number of piperazine rings is 1. The van der Waals surface area contributed by atoms with Gasteiger partial charge in [0.1, 0.15) is 0 Å². The Morgan fingerprint density at radius 3 is 2.40 bits per heavy atom. The first-order chi connectivity index (χ1) is 8.56. The molecule has 0 bridgehead atoms. The predicted octanol–water partition coefficient (Wildman–Crippen LogP) is 2.24. The fraction of sp³-hybridized carbons (Fsp3) is 0.583. The Hall–Kier alpha value is -0.0400. The van der Waals surface area contributed by atoms with E-state index in [0.717, 1.165) is 37.1 Å². The van der Waals surface area contributed by atoms with Crippen molar-refractivity contribution in [1.29, 1.82) is 0 Å². The molecule has 1 aromatic heterocycles. The first-order valence-corrected chi connectivity index (χ1v) is 7.26. The van der Waals surface area contributed by atoms with Gasteiger partial charge < -0.3 is 10.6 Å². The van der Waals surface area contributed by atoms with Gasteiger partial charge in [-0.15, -0.1) is 36.2 Å². The second kappa shape index (κ2) is 9.07. The van der Waals surface area contributed by atoms with Gasteiger partial charge in [-0.2, -0.15) is 0 Å². The molecule has 20 heavy (non-hydrogen) atoms. The van der Waals surface area contributed by atoms with Crippen molar-refractivity contribution in [1.82, 2.24) is 9.80 Å². The quantitative estimate of drug-likeness (QED) is 0.899. The minimum absolute atomic E-state index is 0. The summed E-state index contributed by atoms with van der Waals surface area (Å²) in [6.45, 7) is 5.97. The van der Waals surface area contributed by atoms with Crippen LogP contribution in [0.5, 0.6) is 0 Å². The van der Waals surface area contributed by atoms with Crippen molar-refractivity contribution < 1.29 is 4.79 Å². The lowest BCUT2D eigenvalue weighted by molar-refractivity contribution is -0.134. The Balaban J connectivity index is 0.00000180. The van der Waals surface area contributed by atoms with Crippen LogP contribution in [0.4, 0.5) is 0 Å². The Kier molecular flexibility index (Phi) is 9.06. The van der Waals surface area contributed by atoms with Crippen molar-refractivity contribution in [2.24, 2.45) is 5.73 Å². The van der Waals surface area contributed by atoms with E-state index in [9.17, 15) is 4.79 Å². The molecule has 0 aromatic carbocycles. The molecule has 4 nitrogen and oxygen atoms in total. The van der Waals surface area contributed by atoms with Crippen LogP contribution in [0.1, 0.15) is 11.8 Å². The first kappa shape index (κ1) is 20.0. The van der Waals surface area contributed by atoms with Crippen molar-refractivity contribution in [3.63, 3.8) is 0 Å². The van der Waals surface area contributed by atoms with Gasteiger partial charge in [0.2, 0.25) is 5.91 Å². The standard InChI is InChI=1S/C12H18ClN3OS.2ClH/c1-9(14)12(17)16-6-4-15(5-7-16)8-10-2-3-11(13)18-10;;/h2-3,9H,4-8,14H2,1H3;2*1H/t9-;;/m0../s1. The lowest BCUT2D eigenvalue weighted by atomic mass is 10.2. The molecule has 1 amide bonds. The number of amides is 1. The monoisotopic (exact) mass is 359 g/mol. The second-order valence-corrected chi connectivity index (χ2v) is 6.40. The maximum Gasteiger partial charge on any atom is 0.239 e. The Bertz CT molecular complexity index is 420. The number of nitrogens with two attached hydrogens (primary N) is 1. The van der Waals surface area contributed by atoms with Gasteiger partial charge in [0.05, 0.1) is 10.4 Å². The highest BCUT2D eigenvalue weighted by Crippen LogP contribution is 2.23. The summed E-state index contributed by atoms with van der Waals surface area (Å²) in [5.41, 5.74) is 5.61. The lowest BCUT2D eigenvalue weighted by Gasteiger charge is -2.35. The van der Waals surface area contributed by atoms with Crippen molar-refractivity contribution >= 4 is 53.7 Å². The molecule has 1 aliphatic heterocycles. The zero-order valence-corrected chi connectivity index (χ0v) is 14.5. The summed E-state index contributed by atoms with van der Waals surface area (Å²) < 4.78 is 0.829. The number of hydrogen-bond donors (Lipinski definition) is 1. The minimum atomic E-state index is -0.396. The summed E-state index contributed by atoms with van der Waals surface area (Å²) in [6, 6.07) is 3.59. The number of carbonyl (C=O) groups excluding carboxylic acids is 1. The van der Waals surface area contributed by atoms with E-state index in [1.807, 2.05) is 11.0 Å². The van der Waals surface area contributed by atoms with E-state index >= 15 is 0 Å². The van der Waals surface area contributed by atoms with Gasteiger partial charge in [0, 0.05) is 37.6 Å². The van der Waals surface area contributed by atoms with Gasteiger partial charge >= 0.3 is 0 Å². The van der Waals surface area contributed by atoms with E-state index in [0.29, 0.717) is 0 Å². The van der Waals surface area contributed by atoms with Crippen LogP contribution >= 0.6 is 47.8 Å². The zero-order valence-electron chi connectivity index (χ0n) is 11.3. The maximum absolute atomic E-state index is 11.7. The molecule has 2 N–H and O–H groups in total. The Labute approximate surface area is 141 Å². The molecular weight excluding hydrogens is 341 g/mol. The Morgan fingerprint density at radius 1 is 1.35 bits per heavy atom. The smallest absolute Gasteiger partial charge is 0.239 e. The summed E-state index contributed by atoms with van der Waals surface area (Å²) in [7, 11) is 0. The summed E-state index contributed by atoms with van der Waals surface area (Å²) in [5.74, 6) is 0.0498.